The molecule has 2 N–H and O–H groups in total. The Morgan fingerprint density at radius 3 is 2.72 bits per heavy atom. The number of carbonyl (C=O) groups is 1. The van der Waals surface area contributed by atoms with E-state index in [1.54, 1.807) is 0 Å². The first kappa shape index (κ1) is 15.3. The molecule has 1 heterocycles. The zero-order chi connectivity index (χ0) is 13.6. The molecule has 18 heavy (non-hydrogen) atoms. The van der Waals surface area contributed by atoms with Crippen LogP contribution in [-0.4, -0.2) is 36.9 Å². The molecule has 0 radical (unpaired) electrons. The minimum atomic E-state index is -3.66. The minimum Gasteiger partial charge on any atom is -0.301 e. The zero-order valence-electron chi connectivity index (χ0n) is 9.64. The van der Waals surface area contributed by atoms with Crippen molar-refractivity contribution < 1.29 is 13.2 Å². The Bertz CT molecular complexity index is 502. The average molecular weight is 313 g/mol. The molecule has 0 aromatic carbocycles. The van der Waals surface area contributed by atoms with E-state index in [9.17, 15) is 13.2 Å². The van der Waals surface area contributed by atoms with Gasteiger partial charge in [0.2, 0.25) is 15.4 Å². The maximum Gasteiger partial charge on any atom is 0.269 e. The van der Waals surface area contributed by atoms with Crippen LogP contribution in [0.5, 0.6) is 0 Å². The topological polar surface area (TPSA) is 101 Å². The summed E-state index contributed by atoms with van der Waals surface area (Å²) in [7, 11) is -3.66. The van der Waals surface area contributed by atoms with Crippen LogP contribution in [0.25, 0.3) is 0 Å². The molecule has 0 spiro atoms. The second-order valence-corrected chi connectivity index (χ2v) is 6.64. The highest BCUT2D eigenvalue weighted by molar-refractivity contribution is 7.91. The monoisotopic (exact) mass is 312 g/mol. The van der Waals surface area contributed by atoms with E-state index in [0.717, 1.165) is 17.8 Å². The Morgan fingerprint density at radius 1 is 1.39 bits per heavy atom. The molecule has 1 amide bonds. The number of alkyl halides is 1. The summed E-state index contributed by atoms with van der Waals surface area (Å²) in [5.41, 5.74) is 0. The van der Waals surface area contributed by atoms with E-state index in [1.807, 2.05) is 0 Å². The fraction of sp³-hybridized carbons (Fsp3) is 0.625. The molecule has 1 aromatic heterocycles. The van der Waals surface area contributed by atoms with Crippen molar-refractivity contribution in [1.29, 1.82) is 0 Å². The maximum absolute atomic E-state index is 11.7. The first-order valence-corrected chi connectivity index (χ1v) is 7.96. The lowest BCUT2D eigenvalue weighted by molar-refractivity contribution is -0.114. The number of unbranched alkanes of at least 4 members (excludes halogenated alkanes) is 1. The Kier molecular flexibility index (Phi) is 5.93. The van der Waals surface area contributed by atoms with Gasteiger partial charge in [0.15, 0.2) is 0 Å². The maximum atomic E-state index is 11.7. The lowest BCUT2D eigenvalue weighted by Crippen LogP contribution is -2.24. The van der Waals surface area contributed by atoms with Gasteiger partial charge in [-0.3, -0.25) is 4.79 Å². The average Bonchev–Trinajstić information content (AvgIpc) is 2.73. The van der Waals surface area contributed by atoms with E-state index in [-0.39, 0.29) is 15.4 Å². The summed E-state index contributed by atoms with van der Waals surface area (Å²) in [5, 5.41) is 9.61. The molecule has 7 nitrogen and oxygen atoms in total. The van der Waals surface area contributed by atoms with Gasteiger partial charge >= 0.3 is 0 Å². The molecule has 0 aliphatic carbocycles. The van der Waals surface area contributed by atoms with Crippen LogP contribution in [0.3, 0.4) is 0 Å². The third-order valence-corrected chi connectivity index (χ3v) is 4.71. The molecule has 1 rings (SSSR count). The van der Waals surface area contributed by atoms with Crippen molar-refractivity contribution in [1.82, 2.24) is 14.9 Å². The van der Waals surface area contributed by atoms with Crippen LogP contribution >= 0.6 is 22.9 Å². The van der Waals surface area contributed by atoms with E-state index in [4.69, 9.17) is 11.6 Å². The molecule has 10 heteroatoms. The number of halogens is 1. The van der Waals surface area contributed by atoms with Gasteiger partial charge in [-0.1, -0.05) is 11.3 Å². The molecule has 0 atom stereocenters. The molecule has 0 bridgehead atoms. The van der Waals surface area contributed by atoms with E-state index in [1.165, 1.54) is 6.92 Å². The molecule has 102 valence electrons. The Hall–Kier alpha value is -0.770. The summed E-state index contributed by atoms with van der Waals surface area (Å²) in [6.07, 6.45) is 1.39. The third-order valence-electron chi connectivity index (χ3n) is 1.77. The van der Waals surface area contributed by atoms with Crippen LogP contribution in [0.1, 0.15) is 19.8 Å². The Balaban J connectivity index is 2.61. The highest BCUT2D eigenvalue weighted by atomic mass is 35.5. The zero-order valence-corrected chi connectivity index (χ0v) is 12.0. The number of carbonyl (C=O) groups excluding carboxylic acids is 1. The van der Waals surface area contributed by atoms with Crippen molar-refractivity contribution in [3.63, 3.8) is 0 Å². The highest BCUT2D eigenvalue weighted by Crippen LogP contribution is 2.19. The lowest BCUT2D eigenvalue weighted by Gasteiger charge is -2.01. The first-order chi connectivity index (χ1) is 8.45. The largest absolute Gasteiger partial charge is 0.301 e. The van der Waals surface area contributed by atoms with Gasteiger partial charge in [0.25, 0.3) is 10.0 Å². The van der Waals surface area contributed by atoms with Gasteiger partial charge in [-0.2, -0.15) is 0 Å². The quantitative estimate of drug-likeness (QED) is 0.440. The fourth-order valence-electron chi connectivity index (χ4n) is 1.01. The highest BCUT2D eigenvalue weighted by Gasteiger charge is 2.19. The molecule has 0 aliphatic heterocycles. The predicted octanol–water partition coefficient (Wildman–Crippen LogP) is 0.794. The van der Waals surface area contributed by atoms with Crippen molar-refractivity contribution in [2.45, 2.75) is 24.1 Å². The van der Waals surface area contributed by atoms with Gasteiger partial charge in [0.05, 0.1) is 0 Å². The normalized spacial score (nSPS) is 11.4. The number of hydrogen-bond donors (Lipinski definition) is 2. The SMILES string of the molecule is CC(=O)Nc1nnc(S(=O)(=O)NCCCCCl)s1. The van der Waals surface area contributed by atoms with Crippen molar-refractivity contribution in [3.05, 3.63) is 0 Å². The first-order valence-electron chi connectivity index (χ1n) is 5.12. The Labute approximate surface area is 114 Å². The number of hydrogen-bond acceptors (Lipinski definition) is 6. The standard InChI is InChI=1S/C8H13ClN4O3S2/c1-6(14)11-7-12-13-8(17-7)18(15,16)10-5-3-2-4-9/h10H,2-5H2,1H3,(H,11,12,14). The Morgan fingerprint density at radius 2 is 2.11 bits per heavy atom. The van der Waals surface area contributed by atoms with Gasteiger partial charge in [0.1, 0.15) is 0 Å². The molecule has 0 aliphatic rings. The number of rotatable bonds is 7. The van der Waals surface area contributed by atoms with Gasteiger partial charge in [-0.15, -0.1) is 21.8 Å². The van der Waals surface area contributed by atoms with Crippen molar-refractivity contribution >= 4 is 44.0 Å². The summed E-state index contributed by atoms with van der Waals surface area (Å²) < 4.78 is 25.7. The van der Waals surface area contributed by atoms with Gasteiger partial charge in [-0.05, 0) is 12.8 Å². The van der Waals surface area contributed by atoms with E-state index in [0.29, 0.717) is 18.8 Å². The van der Waals surface area contributed by atoms with Crippen molar-refractivity contribution in [2.75, 3.05) is 17.7 Å². The third kappa shape index (κ3) is 4.84. The molecule has 0 saturated carbocycles. The molecular formula is C8H13ClN4O3S2. The number of anilines is 1. The number of nitrogens with one attached hydrogen (secondary N) is 2. The van der Waals surface area contributed by atoms with Crippen LogP contribution in [0.15, 0.2) is 4.34 Å². The van der Waals surface area contributed by atoms with Crippen LogP contribution in [-0.2, 0) is 14.8 Å². The second kappa shape index (κ2) is 6.98. The fourth-order valence-corrected chi connectivity index (χ4v) is 3.26. The molecule has 0 saturated heterocycles. The van der Waals surface area contributed by atoms with Crippen LogP contribution < -0.4 is 10.0 Å². The molecular weight excluding hydrogens is 300 g/mol. The smallest absolute Gasteiger partial charge is 0.269 e. The number of nitrogens with zero attached hydrogens (tertiary/aromatic N) is 2. The number of sulfonamides is 1. The molecule has 0 unspecified atom stereocenters. The summed E-state index contributed by atoms with van der Waals surface area (Å²) in [4.78, 5) is 10.8. The van der Waals surface area contributed by atoms with Crippen LogP contribution in [0, 0.1) is 0 Å². The lowest BCUT2D eigenvalue weighted by atomic mass is 10.3. The van der Waals surface area contributed by atoms with Crippen LogP contribution in [0.2, 0.25) is 0 Å². The van der Waals surface area contributed by atoms with Gasteiger partial charge in [0, 0.05) is 19.3 Å². The molecule has 0 fully saturated rings. The van der Waals surface area contributed by atoms with E-state index in [2.05, 4.69) is 20.2 Å². The number of aromatic nitrogens is 2. The van der Waals surface area contributed by atoms with Crippen molar-refractivity contribution in [2.24, 2.45) is 0 Å². The van der Waals surface area contributed by atoms with E-state index >= 15 is 0 Å². The summed E-state index contributed by atoms with van der Waals surface area (Å²) in [5.74, 6) is 0.165. The van der Waals surface area contributed by atoms with Crippen LogP contribution in [0.4, 0.5) is 5.13 Å². The second-order valence-electron chi connectivity index (χ2n) is 3.35. The minimum absolute atomic E-state index is 0.156. The molecule has 1 aromatic rings. The van der Waals surface area contributed by atoms with Gasteiger partial charge in [-0.25, -0.2) is 13.1 Å². The summed E-state index contributed by atoms with van der Waals surface area (Å²) in [6.45, 7) is 1.60. The number of amides is 1. The van der Waals surface area contributed by atoms with E-state index < -0.39 is 10.0 Å². The van der Waals surface area contributed by atoms with Crippen molar-refractivity contribution in [3.8, 4) is 0 Å². The predicted molar refractivity (Wildman–Crippen MR) is 69.4 cm³/mol. The van der Waals surface area contributed by atoms with Gasteiger partial charge < -0.3 is 5.32 Å². The summed E-state index contributed by atoms with van der Waals surface area (Å²) >= 11 is 6.28. The summed E-state index contributed by atoms with van der Waals surface area (Å²) in [6, 6.07) is 0.